The van der Waals surface area contributed by atoms with Gasteiger partial charge in [0, 0.05) is 18.1 Å². The molecule has 1 heterocycles. The van der Waals surface area contributed by atoms with Gasteiger partial charge in [0.2, 0.25) is 0 Å². The number of carbonyl (C=O) groups excluding carboxylic acids is 1. The van der Waals surface area contributed by atoms with Crippen LogP contribution < -0.4 is 5.32 Å². The Morgan fingerprint density at radius 3 is 2.80 bits per heavy atom. The van der Waals surface area contributed by atoms with Crippen LogP contribution in [0.1, 0.15) is 29.8 Å². The SMILES string of the molecule is CCNc1c(C(=O)OCC)cnc2c(Cl)ccc(C)c12. The van der Waals surface area contributed by atoms with Crippen molar-refractivity contribution in [3.05, 3.63) is 34.5 Å². The zero-order chi connectivity index (χ0) is 14.7. The van der Waals surface area contributed by atoms with Gasteiger partial charge in [0.1, 0.15) is 5.56 Å². The number of halogens is 1. The minimum absolute atomic E-state index is 0.330. The van der Waals surface area contributed by atoms with E-state index in [1.165, 1.54) is 6.20 Å². The molecule has 5 heteroatoms. The lowest BCUT2D eigenvalue weighted by atomic mass is 10.0. The van der Waals surface area contributed by atoms with Gasteiger partial charge in [0.05, 0.1) is 22.8 Å². The zero-order valence-electron chi connectivity index (χ0n) is 11.8. The fourth-order valence-electron chi connectivity index (χ4n) is 2.16. The summed E-state index contributed by atoms with van der Waals surface area (Å²) < 4.78 is 5.08. The normalized spacial score (nSPS) is 10.6. The molecule has 0 aliphatic heterocycles. The number of hydrogen-bond acceptors (Lipinski definition) is 4. The van der Waals surface area contributed by atoms with Gasteiger partial charge in [-0.05, 0) is 32.4 Å². The monoisotopic (exact) mass is 292 g/mol. The molecule has 1 aromatic heterocycles. The Labute approximate surface area is 123 Å². The number of anilines is 1. The Hall–Kier alpha value is -1.81. The molecule has 0 aliphatic rings. The van der Waals surface area contributed by atoms with Gasteiger partial charge in [-0.3, -0.25) is 4.98 Å². The molecule has 0 unspecified atom stereocenters. The van der Waals surface area contributed by atoms with Crippen molar-refractivity contribution in [2.75, 3.05) is 18.5 Å². The van der Waals surface area contributed by atoms with E-state index in [0.29, 0.717) is 29.3 Å². The highest BCUT2D eigenvalue weighted by molar-refractivity contribution is 6.35. The number of hydrogen-bond donors (Lipinski definition) is 1. The van der Waals surface area contributed by atoms with Crippen molar-refractivity contribution in [2.24, 2.45) is 0 Å². The average molecular weight is 293 g/mol. The third-order valence-electron chi connectivity index (χ3n) is 3.03. The van der Waals surface area contributed by atoms with Crippen molar-refractivity contribution < 1.29 is 9.53 Å². The van der Waals surface area contributed by atoms with Crippen molar-refractivity contribution in [3.8, 4) is 0 Å². The standard InChI is InChI=1S/C15H17ClN2O2/c1-4-17-13-10(15(19)20-5-2)8-18-14-11(16)7-6-9(3)12(13)14/h6-8H,4-5H2,1-3H3,(H,17,18). The number of aryl methyl sites for hydroxylation is 1. The molecule has 0 aliphatic carbocycles. The quantitative estimate of drug-likeness (QED) is 0.871. The molecular formula is C15H17ClN2O2. The van der Waals surface area contributed by atoms with Crippen molar-refractivity contribution >= 4 is 34.2 Å². The average Bonchev–Trinajstić information content (AvgIpc) is 2.43. The molecule has 0 saturated heterocycles. The maximum absolute atomic E-state index is 12.0. The van der Waals surface area contributed by atoms with Crippen molar-refractivity contribution in [1.29, 1.82) is 0 Å². The Balaban J connectivity index is 2.74. The molecular weight excluding hydrogens is 276 g/mol. The lowest BCUT2D eigenvalue weighted by molar-refractivity contribution is 0.0527. The molecule has 0 bridgehead atoms. The largest absolute Gasteiger partial charge is 0.462 e. The molecule has 1 N–H and O–H groups in total. The van der Waals surface area contributed by atoms with E-state index in [4.69, 9.17) is 16.3 Å². The summed E-state index contributed by atoms with van der Waals surface area (Å²) in [5.74, 6) is -0.378. The first-order chi connectivity index (χ1) is 9.60. The van der Waals surface area contributed by atoms with E-state index in [1.54, 1.807) is 6.92 Å². The van der Waals surface area contributed by atoms with Gasteiger partial charge in [0.15, 0.2) is 0 Å². The van der Waals surface area contributed by atoms with Crippen LogP contribution in [0.4, 0.5) is 5.69 Å². The van der Waals surface area contributed by atoms with Gasteiger partial charge < -0.3 is 10.1 Å². The number of nitrogens with zero attached hydrogens (tertiary/aromatic N) is 1. The van der Waals surface area contributed by atoms with E-state index in [-0.39, 0.29) is 5.97 Å². The Morgan fingerprint density at radius 1 is 1.40 bits per heavy atom. The van der Waals surface area contributed by atoms with Gasteiger partial charge >= 0.3 is 5.97 Å². The second-order valence-corrected chi connectivity index (χ2v) is 4.79. The van der Waals surface area contributed by atoms with E-state index in [2.05, 4.69) is 10.3 Å². The highest BCUT2D eigenvalue weighted by Crippen LogP contribution is 2.33. The van der Waals surface area contributed by atoms with E-state index in [9.17, 15) is 4.79 Å². The molecule has 0 spiro atoms. The number of ether oxygens (including phenoxy) is 1. The zero-order valence-corrected chi connectivity index (χ0v) is 12.5. The van der Waals surface area contributed by atoms with Gasteiger partial charge in [-0.1, -0.05) is 17.7 Å². The number of carbonyl (C=O) groups is 1. The van der Waals surface area contributed by atoms with Crippen LogP contribution in [-0.2, 0) is 4.74 Å². The van der Waals surface area contributed by atoms with Crippen LogP contribution in [0.3, 0.4) is 0 Å². The smallest absolute Gasteiger partial charge is 0.341 e. The Kier molecular flexibility index (Phi) is 4.45. The molecule has 2 aromatic rings. The topological polar surface area (TPSA) is 51.2 Å². The number of aromatic nitrogens is 1. The summed E-state index contributed by atoms with van der Waals surface area (Å²) in [6.07, 6.45) is 1.52. The van der Waals surface area contributed by atoms with Crippen molar-refractivity contribution in [2.45, 2.75) is 20.8 Å². The maximum atomic E-state index is 12.0. The van der Waals surface area contributed by atoms with Crippen LogP contribution in [-0.4, -0.2) is 24.1 Å². The Bertz CT molecular complexity index is 656. The van der Waals surface area contributed by atoms with Gasteiger partial charge in [-0.25, -0.2) is 4.79 Å². The van der Waals surface area contributed by atoms with E-state index < -0.39 is 0 Å². The van der Waals surface area contributed by atoms with E-state index >= 15 is 0 Å². The van der Waals surface area contributed by atoms with Crippen LogP contribution >= 0.6 is 11.6 Å². The lowest BCUT2D eigenvalue weighted by Gasteiger charge is -2.15. The van der Waals surface area contributed by atoms with Gasteiger partial charge in [-0.2, -0.15) is 0 Å². The van der Waals surface area contributed by atoms with Crippen LogP contribution in [0.5, 0.6) is 0 Å². The second kappa shape index (κ2) is 6.09. The van der Waals surface area contributed by atoms with Crippen LogP contribution in [0, 0.1) is 6.92 Å². The molecule has 1 aromatic carbocycles. The summed E-state index contributed by atoms with van der Waals surface area (Å²) >= 11 is 6.19. The van der Waals surface area contributed by atoms with E-state index in [1.807, 2.05) is 26.0 Å². The van der Waals surface area contributed by atoms with Crippen LogP contribution in [0.25, 0.3) is 10.9 Å². The predicted molar refractivity (Wildman–Crippen MR) is 81.6 cm³/mol. The predicted octanol–water partition coefficient (Wildman–Crippen LogP) is 3.81. The van der Waals surface area contributed by atoms with E-state index in [0.717, 1.165) is 16.6 Å². The summed E-state index contributed by atoms with van der Waals surface area (Å²) in [5, 5.41) is 4.66. The minimum atomic E-state index is -0.378. The van der Waals surface area contributed by atoms with Gasteiger partial charge in [-0.15, -0.1) is 0 Å². The summed E-state index contributed by atoms with van der Waals surface area (Å²) in [5.41, 5.74) is 2.87. The summed E-state index contributed by atoms with van der Waals surface area (Å²) in [7, 11) is 0. The lowest BCUT2D eigenvalue weighted by Crippen LogP contribution is -2.11. The molecule has 0 radical (unpaired) electrons. The molecule has 0 fully saturated rings. The first kappa shape index (κ1) is 14.6. The van der Waals surface area contributed by atoms with Crippen molar-refractivity contribution in [1.82, 2.24) is 4.98 Å². The highest BCUT2D eigenvalue weighted by Gasteiger charge is 2.18. The van der Waals surface area contributed by atoms with Crippen molar-refractivity contribution in [3.63, 3.8) is 0 Å². The number of rotatable bonds is 4. The first-order valence-corrected chi connectivity index (χ1v) is 6.96. The summed E-state index contributed by atoms with van der Waals surface area (Å²) in [4.78, 5) is 16.4. The number of pyridine rings is 1. The molecule has 106 valence electrons. The molecule has 2 rings (SSSR count). The summed E-state index contributed by atoms with van der Waals surface area (Å²) in [6.45, 7) is 6.74. The first-order valence-electron chi connectivity index (χ1n) is 6.58. The molecule has 0 saturated carbocycles. The molecule has 20 heavy (non-hydrogen) atoms. The van der Waals surface area contributed by atoms with Gasteiger partial charge in [0.25, 0.3) is 0 Å². The fraction of sp³-hybridized carbons (Fsp3) is 0.333. The minimum Gasteiger partial charge on any atom is -0.462 e. The third kappa shape index (κ3) is 2.56. The summed E-state index contributed by atoms with van der Waals surface area (Å²) in [6, 6.07) is 3.73. The second-order valence-electron chi connectivity index (χ2n) is 4.39. The molecule has 0 atom stereocenters. The van der Waals surface area contributed by atoms with Crippen LogP contribution in [0.2, 0.25) is 5.02 Å². The highest BCUT2D eigenvalue weighted by atomic mass is 35.5. The number of esters is 1. The Morgan fingerprint density at radius 2 is 2.15 bits per heavy atom. The molecule has 4 nitrogen and oxygen atoms in total. The number of fused-ring (bicyclic) bond motifs is 1. The van der Waals surface area contributed by atoms with Crippen LogP contribution in [0.15, 0.2) is 18.3 Å². The fourth-order valence-corrected chi connectivity index (χ4v) is 2.37. The number of benzene rings is 1. The molecule has 0 amide bonds. The number of nitrogens with one attached hydrogen (secondary N) is 1. The maximum Gasteiger partial charge on any atom is 0.341 e. The third-order valence-corrected chi connectivity index (χ3v) is 3.33.